The van der Waals surface area contributed by atoms with Crippen LogP contribution < -0.4 is 19.6 Å². The van der Waals surface area contributed by atoms with Crippen molar-refractivity contribution in [1.29, 1.82) is 0 Å². The Morgan fingerprint density at radius 2 is 1.76 bits per heavy atom. The van der Waals surface area contributed by atoms with E-state index in [1.54, 1.807) is 13.0 Å². The molecule has 0 atom stereocenters. The van der Waals surface area contributed by atoms with E-state index in [1.165, 1.54) is 19.3 Å². The summed E-state index contributed by atoms with van der Waals surface area (Å²) in [5.41, 5.74) is 7.29. The molecule has 1 aromatic heterocycles. The van der Waals surface area contributed by atoms with Gasteiger partial charge < -0.3 is 4.90 Å². The van der Waals surface area contributed by atoms with Gasteiger partial charge in [0.15, 0.2) is 5.69 Å². The third kappa shape index (κ3) is 4.47. The van der Waals surface area contributed by atoms with Crippen molar-refractivity contribution >= 4 is 21.9 Å². The van der Waals surface area contributed by atoms with E-state index in [1.807, 2.05) is 6.07 Å². The van der Waals surface area contributed by atoms with Gasteiger partial charge in [0.25, 0.3) is 0 Å². The average Bonchev–Trinajstić information content (AvgIpc) is 2.32. The first-order chi connectivity index (χ1) is 9.87. The molecule has 0 bridgehead atoms. The standard InChI is InChI=1S/C13H21N3O4S/c1-11-9-12(15-7-5-3-2-4-6-8-15)10-13(14)16(11)20-21(17,18)19/h9-10,14H,2-8H2,1H3,(H,17,18,19)/p+1. The van der Waals surface area contributed by atoms with Crippen LogP contribution in [0.1, 0.15) is 37.8 Å². The fraction of sp³-hybridized carbons (Fsp3) is 0.615. The van der Waals surface area contributed by atoms with Crippen LogP contribution in [0, 0.1) is 6.92 Å². The lowest BCUT2D eigenvalue weighted by Gasteiger charge is -2.26. The van der Waals surface area contributed by atoms with Gasteiger partial charge in [-0.1, -0.05) is 19.3 Å². The summed E-state index contributed by atoms with van der Waals surface area (Å²) < 4.78 is 35.8. The van der Waals surface area contributed by atoms with Crippen LogP contribution in [-0.4, -0.2) is 26.1 Å². The molecule has 0 amide bonds. The van der Waals surface area contributed by atoms with E-state index >= 15 is 0 Å². The molecule has 1 saturated heterocycles. The minimum absolute atomic E-state index is 0.129. The smallest absolute Gasteiger partial charge is 0.371 e. The summed E-state index contributed by atoms with van der Waals surface area (Å²) in [6, 6.07) is 3.48. The lowest BCUT2D eigenvalue weighted by Crippen LogP contribution is -2.50. The summed E-state index contributed by atoms with van der Waals surface area (Å²) in [5, 5.41) is 0. The van der Waals surface area contributed by atoms with E-state index in [0.717, 1.165) is 36.3 Å². The lowest BCUT2D eigenvalue weighted by atomic mass is 10.1. The third-order valence-electron chi connectivity index (χ3n) is 3.60. The van der Waals surface area contributed by atoms with Gasteiger partial charge in [-0.25, -0.2) is 0 Å². The van der Waals surface area contributed by atoms with Crippen molar-refractivity contribution in [3.8, 4) is 0 Å². The maximum absolute atomic E-state index is 10.8. The van der Waals surface area contributed by atoms with Crippen LogP contribution in [0.4, 0.5) is 11.5 Å². The first-order valence-electron chi connectivity index (χ1n) is 7.11. The van der Waals surface area contributed by atoms with E-state index in [9.17, 15) is 8.42 Å². The predicted molar refractivity (Wildman–Crippen MR) is 79.2 cm³/mol. The molecule has 1 aliphatic heterocycles. The number of nitrogen functional groups attached to an aromatic ring is 1. The highest BCUT2D eigenvalue weighted by Gasteiger charge is 2.21. The number of aromatic nitrogens is 1. The zero-order valence-electron chi connectivity index (χ0n) is 12.2. The average molecular weight is 316 g/mol. The second-order valence-electron chi connectivity index (χ2n) is 5.33. The molecule has 7 nitrogen and oxygen atoms in total. The van der Waals surface area contributed by atoms with Gasteiger partial charge in [0.2, 0.25) is 0 Å². The Morgan fingerprint density at radius 1 is 1.19 bits per heavy atom. The van der Waals surface area contributed by atoms with Crippen LogP contribution in [0.5, 0.6) is 0 Å². The molecule has 0 aromatic carbocycles. The fourth-order valence-electron chi connectivity index (χ4n) is 2.61. The molecular formula is C13H22N3O4S+. The zero-order chi connectivity index (χ0) is 15.5. The summed E-state index contributed by atoms with van der Waals surface area (Å²) in [5.74, 6) is 0.129. The molecule has 1 aliphatic rings. The maximum atomic E-state index is 10.8. The Bertz CT molecular complexity index is 572. The van der Waals surface area contributed by atoms with Crippen LogP contribution in [-0.2, 0) is 10.4 Å². The van der Waals surface area contributed by atoms with Crippen LogP contribution >= 0.6 is 0 Å². The summed E-state index contributed by atoms with van der Waals surface area (Å²) in [6.45, 7) is 3.60. The molecule has 2 rings (SSSR count). The van der Waals surface area contributed by atoms with Crippen molar-refractivity contribution in [3.05, 3.63) is 17.8 Å². The molecule has 1 fully saturated rings. The highest BCUT2D eigenvalue weighted by molar-refractivity contribution is 7.80. The van der Waals surface area contributed by atoms with Crippen LogP contribution in [0.2, 0.25) is 0 Å². The van der Waals surface area contributed by atoms with Crippen LogP contribution in [0.15, 0.2) is 12.1 Å². The Labute approximate surface area is 125 Å². The van der Waals surface area contributed by atoms with Gasteiger partial charge in [-0.15, -0.1) is 0 Å². The zero-order valence-corrected chi connectivity index (χ0v) is 13.0. The normalized spacial score (nSPS) is 17.1. The van der Waals surface area contributed by atoms with E-state index in [2.05, 4.69) is 9.18 Å². The SMILES string of the molecule is Cc1cc(N2CCCCCCC2)cc(N)[n+]1OS(=O)(=O)O. The highest BCUT2D eigenvalue weighted by atomic mass is 32.3. The molecule has 3 N–H and O–H groups in total. The number of nitrogens with two attached hydrogens (primary N) is 1. The van der Waals surface area contributed by atoms with Crippen molar-refractivity contribution in [2.75, 3.05) is 23.7 Å². The summed E-state index contributed by atoms with van der Waals surface area (Å²) in [6.07, 6.45) is 6.00. The third-order valence-corrected chi connectivity index (χ3v) is 3.93. The van der Waals surface area contributed by atoms with Crippen molar-refractivity contribution in [2.24, 2.45) is 0 Å². The van der Waals surface area contributed by atoms with Gasteiger partial charge >= 0.3 is 16.2 Å². The number of hydrogen-bond donors (Lipinski definition) is 2. The van der Waals surface area contributed by atoms with Crippen molar-refractivity contribution in [2.45, 2.75) is 39.0 Å². The number of pyridine rings is 1. The molecule has 1 aromatic rings. The largest absolute Gasteiger partial charge is 0.482 e. The molecule has 118 valence electrons. The molecule has 2 heterocycles. The first-order valence-corrected chi connectivity index (χ1v) is 8.48. The van der Waals surface area contributed by atoms with Crippen LogP contribution in [0.25, 0.3) is 0 Å². The molecule has 21 heavy (non-hydrogen) atoms. The van der Waals surface area contributed by atoms with E-state index in [4.69, 9.17) is 10.3 Å². The summed E-state index contributed by atoms with van der Waals surface area (Å²) in [4.78, 5) is 2.25. The van der Waals surface area contributed by atoms with E-state index < -0.39 is 10.4 Å². The van der Waals surface area contributed by atoms with Gasteiger partial charge in [-0.05, 0) is 17.6 Å². The van der Waals surface area contributed by atoms with Gasteiger partial charge in [-0.3, -0.25) is 10.3 Å². The number of aryl methyl sites for hydroxylation is 1. The van der Waals surface area contributed by atoms with Gasteiger partial charge in [0.05, 0.1) is 6.07 Å². The van der Waals surface area contributed by atoms with Crippen molar-refractivity contribution < 1.29 is 22.0 Å². The number of hydrogen-bond acceptors (Lipinski definition) is 5. The predicted octanol–water partition coefficient (Wildman–Crippen LogP) is 0.867. The maximum Gasteiger partial charge on any atom is 0.482 e. The Balaban J connectivity index is 2.25. The molecule has 0 spiro atoms. The fourth-order valence-corrected chi connectivity index (χ4v) is 3.00. The monoisotopic (exact) mass is 316 g/mol. The number of anilines is 2. The van der Waals surface area contributed by atoms with Gasteiger partial charge in [0.1, 0.15) is 0 Å². The minimum atomic E-state index is -4.60. The molecule has 8 heteroatoms. The van der Waals surface area contributed by atoms with Crippen molar-refractivity contribution in [1.82, 2.24) is 0 Å². The summed E-state index contributed by atoms with van der Waals surface area (Å²) in [7, 11) is -4.60. The minimum Gasteiger partial charge on any atom is -0.371 e. The molecule has 0 saturated carbocycles. The van der Waals surface area contributed by atoms with Crippen molar-refractivity contribution in [3.63, 3.8) is 0 Å². The van der Waals surface area contributed by atoms with E-state index in [-0.39, 0.29) is 5.82 Å². The quantitative estimate of drug-likeness (QED) is 0.634. The molecule has 0 radical (unpaired) electrons. The highest BCUT2D eigenvalue weighted by Crippen LogP contribution is 2.20. The Hall–Kier alpha value is -1.54. The second kappa shape index (κ2) is 6.48. The Kier molecular flexibility index (Phi) is 4.89. The van der Waals surface area contributed by atoms with Gasteiger partial charge in [-0.2, -0.15) is 12.7 Å². The lowest BCUT2D eigenvalue weighted by molar-refractivity contribution is -0.849. The molecular weight excluding hydrogens is 294 g/mol. The topological polar surface area (TPSA) is 96.7 Å². The Morgan fingerprint density at radius 3 is 2.29 bits per heavy atom. The van der Waals surface area contributed by atoms with Gasteiger partial charge in [0, 0.05) is 31.8 Å². The first kappa shape index (κ1) is 15.8. The van der Waals surface area contributed by atoms with Crippen LogP contribution in [0.3, 0.4) is 0 Å². The number of rotatable bonds is 3. The molecule has 0 aliphatic carbocycles. The van der Waals surface area contributed by atoms with E-state index in [0.29, 0.717) is 5.69 Å². The second-order valence-corrected chi connectivity index (χ2v) is 6.34. The summed E-state index contributed by atoms with van der Waals surface area (Å²) >= 11 is 0. The molecule has 0 unspecified atom stereocenters. The number of nitrogens with zero attached hydrogens (tertiary/aromatic N) is 2.